The molecule has 0 fully saturated rings. The first kappa shape index (κ1) is 12.4. The van der Waals surface area contributed by atoms with Gasteiger partial charge in [0.05, 0.1) is 18.7 Å². The van der Waals surface area contributed by atoms with E-state index in [1.807, 2.05) is 0 Å². The summed E-state index contributed by atoms with van der Waals surface area (Å²) in [5.74, 6) is -0.115. The smallest absolute Gasteiger partial charge is 0.236 e. The first-order valence-corrected chi connectivity index (χ1v) is 4.66. The second kappa shape index (κ2) is 6.86. The number of carbonyl (C=O) groups excluding carboxylic acids is 1. The summed E-state index contributed by atoms with van der Waals surface area (Å²) in [5, 5.41) is 2.83. The third-order valence-electron chi connectivity index (χ3n) is 1.76. The first-order chi connectivity index (χ1) is 6.11. The van der Waals surface area contributed by atoms with Gasteiger partial charge in [-0.05, 0) is 13.3 Å². The van der Waals surface area contributed by atoms with E-state index in [0.717, 1.165) is 12.8 Å². The molecule has 0 spiro atoms. The zero-order chi connectivity index (χ0) is 10.3. The quantitative estimate of drug-likeness (QED) is 0.628. The van der Waals surface area contributed by atoms with Crippen LogP contribution in [0.3, 0.4) is 0 Å². The minimum atomic E-state index is -0.448. The molecule has 0 saturated heterocycles. The number of carbonyl (C=O) groups is 1. The van der Waals surface area contributed by atoms with E-state index >= 15 is 0 Å². The fourth-order valence-corrected chi connectivity index (χ4v) is 1.08. The minimum Gasteiger partial charge on any atom is -0.383 e. The Hall–Kier alpha value is -0.610. The van der Waals surface area contributed by atoms with Crippen LogP contribution in [0.4, 0.5) is 0 Å². The molecule has 4 nitrogen and oxygen atoms in total. The number of ether oxygens (including phenoxy) is 1. The van der Waals surface area contributed by atoms with Crippen molar-refractivity contribution in [3.63, 3.8) is 0 Å². The highest BCUT2D eigenvalue weighted by Crippen LogP contribution is 1.97. The van der Waals surface area contributed by atoms with E-state index in [2.05, 4.69) is 12.2 Å². The van der Waals surface area contributed by atoms with Crippen LogP contribution in [0.25, 0.3) is 0 Å². The summed E-state index contributed by atoms with van der Waals surface area (Å²) in [4.78, 5) is 11.2. The van der Waals surface area contributed by atoms with Gasteiger partial charge in [0.2, 0.25) is 5.91 Å². The molecule has 78 valence electrons. The molecule has 1 amide bonds. The summed E-state index contributed by atoms with van der Waals surface area (Å²) in [6.45, 7) is 4.29. The van der Waals surface area contributed by atoms with Gasteiger partial charge in [-0.1, -0.05) is 13.3 Å². The normalized spacial score (nSPS) is 15.1. The number of nitrogens with one attached hydrogen (secondary N) is 1. The average molecular weight is 188 g/mol. The van der Waals surface area contributed by atoms with Crippen molar-refractivity contribution in [3.05, 3.63) is 0 Å². The van der Waals surface area contributed by atoms with Crippen molar-refractivity contribution < 1.29 is 9.53 Å². The summed E-state index contributed by atoms with van der Waals surface area (Å²) >= 11 is 0. The van der Waals surface area contributed by atoms with Crippen LogP contribution >= 0.6 is 0 Å². The highest BCUT2D eigenvalue weighted by Gasteiger charge is 2.13. The average Bonchev–Trinajstić information content (AvgIpc) is 2.05. The maximum atomic E-state index is 11.2. The Morgan fingerprint density at radius 3 is 2.62 bits per heavy atom. The van der Waals surface area contributed by atoms with Crippen LogP contribution in [0.5, 0.6) is 0 Å². The summed E-state index contributed by atoms with van der Waals surface area (Å²) in [6, 6.07) is -0.357. The van der Waals surface area contributed by atoms with E-state index in [0.29, 0.717) is 6.61 Å². The molecule has 0 rings (SSSR count). The van der Waals surface area contributed by atoms with Crippen molar-refractivity contribution in [2.75, 3.05) is 13.7 Å². The SMILES string of the molecule is CCCC(COC)NC(=O)[C@@H](C)N. The topological polar surface area (TPSA) is 64.3 Å². The van der Waals surface area contributed by atoms with Gasteiger partial charge in [0, 0.05) is 7.11 Å². The van der Waals surface area contributed by atoms with Crippen molar-refractivity contribution in [2.45, 2.75) is 38.8 Å². The summed E-state index contributed by atoms with van der Waals surface area (Å²) in [6.07, 6.45) is 1.94. The third-order valence-corrected chi connectivity index (χ3v) is 1.76. The second-order valence-corrected chi connectivity index (χ2v) is 3.24. The lowest BCUT2D eigenvalue weighted by Crippen LogP contribution is -2.45. The van der Waals surface area contributed by atoms with Gasteiger partial charge in [-0.25, -0.2) is 0 Å². The molecule has 0 aromatic heterocycles. The predicted molar refractivity (Wildman–Crippen MR) is 52.4 cm³/mol. The van der Waals surface area contributed by atoms with Crippen LogP contribution in [-0.4, -0.2) is 31.7 Å². The standard InChI is InChI=1S/C9H20N2O2/c1-4-5-8(6-13-3)11-9(12)7(2)10/h7-8H,4-6,10H2,1-3H3,(H,11,12)/t7-,8?/m1/s1. The van der Waals surface area contributed by atoms with Crippen molar-refractivity contribution in [1.29, 1.82) is 0 Å². The van der Waals surface area contributed by atoms with Crippen LogP contribution in [-0.2, 0) is 9.53 Å². The van der Waals surface area contributed by atoms with Gasteiger partial charge >= 0.3 is 0 Å². The zero-order valence-corrected chi connectivity index (χ0v) is 8.67. The first-order valence-electron chi connectivity index (χ1n) is 4.66. The van der Waals surface area contributed by atoms with Crippen LogP contribution < -0.4 is 11.1 Å². The molecule has 1 unspecified atom stereocenters. The Kier molecular flexibility index (Phi) is 6.54. The Morgan fingerprint density at radius 2 is 2.23 bits per heavy atom. The number of hydrogen-bond donors (Lipinski definition) is 2. The second-order valence-electron chi connectivity index (χ2n) is 3.24. The lowest BCUT2D eigenvalue weighted by atomic mass is 10.1. The highest BCUT2D eigenvalue weighted by atomic mass is 16.5. The monoisotopic (exact) mass is 188 g/mol. The van der Waals surface area contributed by atoms with Gasteiger partial charge in [0.25, 0.3) is 0 Å². The number of amides is 1. The van der Waals surface area contributed by atoms with Crippen molar-refractivity contribution in [3.8, 4) is 0 Å². The van der Waals surface area contributed by atoms with Gasteiger partial charge < -0.3 is 15.8 Å². The molecule has 0 heterocycles. The Labute approximate surface area is 79.8 Å². The number of hydrogen-bond acceptors (Lipinski definition) is 3. The fourth-order valence-electron chi connectivity index (χ4n) is 1.08. The number of nitrogens with two attached hydrogens (primary N) is 1. The molecule has 0 saturated carbocycles. The lowest BCUT2D eigenvalue weighted by Gasteiger charge is -2.18. The maximum Gasteiger partial charge on any atom is 0.236 e. The molecule has 2 atom stereocenters. The molecule has 4 heteroatoms. The van der Waals surface area contributed by atoms with Gasteiger partial charge in [-0.3, -0.25) is 4.79 Å². The highest BCUT2D eigenvalue weighted by molar-refractivity contribution is 5.81. The van der Waals surface area contributed by atoms with E-state index < -0.39 is 6.04 Å². The summed E-state index contributed by atoms with van der Waals surface area (Å²) in [5.41, 5.74) is 5.42. The molecule has 13 heavy (non-hydrogen) atoms. The lowest BCUT2D eigenvalue weighted by molar-refractivity contribution is -0.123. The maximum absolute atomic E-state index is 11.2. The van der Waals surface area contributed by atoms with E-state index in [-0.39, 0.29) is 11.9 Å². The van der Waals surface area contributed by atoms with E-state index in [4.69, 9.17) is 10.5 Å². The predicted octanol–water partition coefficient (Wildman–Crippen LogP) is 0.265. The molecule has 0 radical (unpaired) electrons. The van der Waals surface area contributed by atoms with Gasteiger partial charge in [-0.15, -0.1) is 0 Å². The fraction of sp³-hybridized carbons (Fsp3) is 0.889. The Morgan fingerprint density at radius 1 is 1.62 bits per heavy atom. The van der Waals surface area contributed by atoms with Crippen molar-refractivity contribution in [1.82, 2.24) is 5.32 Å². The molecular formula is C9H20N2O2. The largest absolute Gasteiger partial charge is 0.383 e. The molecule has 0 bridgehead atoms. The molecule has 0 aromatic rings. The summed E-state index contributed by atoms with van der Waals surface area (Å²) in [7, 11) is 1.63. The number of methoxy groups -OCH3 is 1. The molecule has 3 N–H and O–H groups in total. The van der Waals surface area contributed by atoms with Crippen LogP contribution in [0.1, 0.15) is 26.7 Å². The van der Waals surface area contributed by atoms with Crippen molar-refractivity contribution >= 4 is 5.91 Å². The van der Waals surface area contributed by atoms with Gasteiger partial charge in [0.1, 0.15) is 0 Å². The Balaban J connectivity index is 3.86. The van der Waals surface area contributed by atoms with E-state index in [1.165, 1.54) is 0 Å². The van der Waals surface area contributed by atoms with E-state index in [1.54, 1.807) is 14.0 Å². The summed E-state index contributed by atoms with van der Waals surface area (Å²) < 4.78 is 4.98. The van der Waals surface area contributed by atoms with Gasteiger partial charge in [-0.2, -0.15) is 0 Å². The van der Waals surface area contributed by atoms with Crippen molar-refractivity contribution in [2.24, 2.45) is 5.73 Å². The zero-order valence-electron chi connectivity index (χ0n) is 8.67. The van der Waals surface area contributed by atoms with Gasteiger partial charge in [0.15, 0.2) is 0 Å². The van der Waals surface area contributed by atoms with Crippen LogP contribution in [0.2, 0.25) is 0 Å². The molecule has 0 aliphatic rings. The number of rotatable bonds is 6. The van der Waals surface area contributed by atoms with Crippen LogP contribution in [0.15, 0.2) is 0 Å². The molecule has 0 aliphatic heterocycles. The molecular weight excluding hydrogens is 168 g/mol. The minimum absolute atomic E-state index is 0.0912. The molecule has 0 aliphatic carbocycles. The Bertz CT molecular complexity index is 143. The molecule has 0 aromatic carbocycles. The third kappa shape index (κ3) is 5.60. The van der Waals surface area contributed by atoms with E-state index in [9.17, 15) is 4.79 Å². The van der Waals surface area contributed by atoms with Crippen LogP contribution in [0, 0.1) is 0 Å².